The van der Waals surface area contributed by atoms with Crippen LogP contribution in [-0.4, -0.2) is 73.6 Å². The minimum Gasteiger partial charge on any atom is -0.349 e. The van der Waals surface area contributed by atoms with Gasteiger partial charge in [-0.15, -0.1) is 48.6 Å². The summed E-state index contributed by atoms with van der Waals surface area (Å²) in [6.45, 7) is 4.31. The molecular weight excluding hydrogens is 381 g/mol. The molecule has 0 aromatic carbocycles. The molecule has 1 aromatic heterocycles. The molecule has 0 saturated carbocycles. The van der Waals surface area contributed by atoms with Crippen LogP contribution in [0, 0.1) is 0 Å². The van der Waals surface area contributed by atoms with Crippen LogP contribution in [0.15, 0.2) is 5.38 Å². The van der Waals surface area contributed by atoms with Crippen molar-refractivity contribution in [3.8, 4) is 0 Å². The fourth-order valence-corrected chi connectivity index (χ4v) is 3.07. The van der Waals surface area contributed by atoms with Gasteiger partial charge in [0.05, 0.1) is 5.01 Å². The molecule has 10 heteroatoms. The summed E-state index contributed by atoms with van der Waals surface area (Å²) in [6, 6.07) is 0.361. The van der Waals surface area contributed by atoms with E-state index < -0.39 is 0 Å². The Balaban J connectivity index is 0. The lowest BCUT2D eigenvalue weighted by atomic mass is 10.2. The number of hydrogen-bond donors (Lipinski definition) is 2. The van der Waals surface area contributed by atoms with Gasteiger partial charge in [0.25, 0.3) is 5.91 Å². The van der Waals surface area contributed by atoms with Gasteiger partial charge in [0.15, 0.2) is 0 Å². The zero-order valence-corrected chi connectivity index (χ0v) is 16.6. The molecule has 1 fully saturated rings. The Kier molecular flexibility index (Phi) is 13.4. The summed E-state index contributed by atoms with van der Waals surface area (Å²) in [5.41, 5.74) is 5.99. The van der Waals surface area contributed by atoms with Crippen molar-refractivity contribution < 1.29 is 4.79 Å². The molecule has 1 saturated heterocycles. The Morgan fingerprint density at radius 1 is 1.39 bits per heavy atom. The number of likely N-dealkylation sites (N-methyl/N-ethyl adjacent to an activating group) is 2. The van der Waals surface area contributed by atoms with E-state index in [4.69, 9.17) is 5.73 Å². The maximum absolute atomic E-state index is 12.1. The van der Waals surface area contributed by atoms with Crippen molar-refractivity contribution in [3.05, 3.63) is 16.1 Å². The first-order valence-corrected chi connectivity index (χ1v) is 7.79. The van der Waals surface area contributed by atoms with Crippen LogP contribution in [0.3, 0.4) is 0 Å². The molecule has 136 valence electrons. The van der Waals surface area contributed by atoms with E-state index >= 15 is 0 Å². The van der Waals surface area contributed by atoms with Gasteiger partial charge in [-0.3, -0.25) is 9.69 Å². The quantitative estimate of drug-likeness (QED) is 0.759. The summed E-state index contributed by atoms with van der Waals surface area (Å²) in [6.07, 6.45) is 0.730. The van der Waals surface area contributed by atoms with Crippen molar-refractivity contribution in [1.82, 2.24) is 20.1 Å². The van der Waals surface area contributed by atoms with Crippen LogP contribution in [-0.2, 0) is 6.42 Å². The summed E-state index contributed by atoms with van der Waals surface area (Å²) >= 11 is 1.49. The molecule has 23 heavy (non-hydrogen) atoms. The fraction of sp³-hybridized carbons (Fsp3) is 0.692. The highest BCUT2D eigenvalue weighted by Crippen LogP contribution is 2.10. The summed E-state index contributed by atoms with van der Waals surface area (Å²) < 4.78 is 0. The van der Waals surface area contributed by atoms with E-state index in [9.17, 15) is 4.79 Å². The molecule has 1 aromatic rings. The highest BCUT2D eigenvalue weighted by atomic mass is 35.5. The van der Waals surface area contributed by atoms with Gasteiger partial charge in [0.1, 0.15) is 5.69 Å². The standard InChI is InChI=1S/C13H23N5OS.3ClH/c1-17-5-6-18(2)10(8-17)7-15-13(19)11-9-20-12(16-11)3-4-14;;;/h9-10H,3-8,14H2,1-2H3,(H,15,19);3*1H. The van der Waals surface area contributed by atoms with Crippen molar-refractivity contribution in [2.24, 2.45) is 5.73 Å². The second-order valence-corrected chi connectivity index (χ2v) is 6.21. The molecule has 3 N–H and O–H groups in total. The Labute approximate surface area is 160 Å². The van der Waals surface area contributed by atoms with Crippen LogP contribution in [0.4, 0.5) is 0 Å². The SMILES string of the molecule is CN1CCN(C)C(CNC(=O)c2csc(CCN)n2)C1.Cl.Cl.Cl. The van der Waals surface area contributed by atoms with Crippen LogP contribution in [0.2, 0.25) is 0 Å². The Hall–Kier alpha value is -0.150. The number of thiazole rings is 1. The number of nitrogens with zero attached hydrogens (tertiary/aromatic N) is 3. The summed E-state index contributed by atoms with van der Waals surface area (Å²) in [7, 11) is 4.22. The van der Waals surface area contributed by atoms with E-state index in [0.29, 0.717) is 24.8 Å². The van der Waals surface area contributed by atoms with E-state index in [-0.39, 0.29) is 43.1 Å². The minimum atomic E-state index is -0.0915. The van der Waals surface area contributed by atoms with E-state index in [2.05, 4.69) is 34.2 Å². The second-order valence-electron chi connectivity index (χ2n) is 5.27. The number of piperazine rings is 1. The Bertz CT molecular complexity index is 463. The van der Waals surface area contributed by atoms with Crippen molar-refractivity contribution in [2.75, 3.05) is 46.8 Å². The van der Waals surface area contributed by atoms with Gasteiger partial charge in [0, 0.05) is 44.0 Å². The first kappa shape index (κ1) is 25.1. The van der Waals surface area contributed by atoms with E-state index in [0.717, 1.165) is 31.1 Å². The van der Waals surface area contributed by atoms with Crippen LogP contribution >= 0.6 is 48.6 Å². The molecule has 1 amide bonds. The number of carbonyl (C=O) groups excluding carboxylic acids is 1. The van der Waals surface area contributed by atoms with Gasteiger partial charge >= 0.3 is 0 Å². The highest BCUT2D eigenvalue weighted by Gasteiger charge is 2.22. The average molecular weight is 407 g/mol. The molecular formula is C13H26Cl3N5OS. The molecule has 1 aliphatic rings. The van der Waals surface area contributed by atoms with Crippen LogP contribution < -0.4 is 11.1 Å². The van der Waals surface area contributed by atoms with Gasteiger partial charge in [-0.05, 0) is 20.6 Å². The molecule has 1 atom stereocenters. The maximum atomic E-state index is 12.1. The van der Waals surface area contributed by atoms with Crippen molar-refractivity contribution in [1.29, 1.82) is 0 Å². The second kappa shape index (κ2) is 12.2. The van der Waals surface area contributed by atoms with E-state index in [1.54, 1.807) is 5.38 Å². The Morgan fingerprint density at radius 3 is 2.74 bits per heavy atom. The molecule has 1 unspecified atom stereocenters. The topological polar surface area (TPSA) is 74.5 Å². The summed E-state index contributed by atoms with van der Waals surface area (Å²) in [5, 5.41) is 5.71. The highest BCUT2D eigenvalue weighted by molar-refractivity contribution is 7.09. The third-order valence-corrected chi connectivity index (χ3v) is 4.53. The zero-order valence-electron chi connectivity index (χ0n) is 13.4. The minimum absolute atomic E-state index is 0. The molecule has 0 radical (unpaired) electrons. The predicted molar refractivity (Wildman–Crippen MR) is 103 cm³/mol. The molecule has 2 heterocycles. The summed E-state index contributed by atoms with van der Waals surface area (Å²) in [4.78, 5) is 20.9. The van der Waals surface area contributed by atoms with Gasteiger partial charge in [-0.2, -0.15) is 0 Å². The summed E-state index contributed by atoms with van der Waals surface area (Å²) in [5.74, 6) is -0.0915. The van der Waals surface area contributed by atoms with Gasteiger partial charge in [-0.1, -0.05) is 0 Å². The first-order valence-electron chi connectivity index (χ1n) is 6.91. The average Bonchev–Trinajstić information content (AvgIpc) is 2.88. The maximum Gasteiger partial charge on any atom is 0.270 e. The van der Waals surface area contributed by atoms with Gasteiger partial charge < -0.3 is 16.0 Å². The Morgan fingerprint density at radius 2 is 2.09 bits per heavy atom. The fourth-order valence-electron chi connectivity index (χ4n) is 2.28. The number of amides is 1. The lowest BCUT2D eigenvalue weighted by Gasteiger charge is -2.37. The van der Waals surface area contributed by atoms with Crippen LogP contribution in [0.1, 0.15) is 15.5 Å². The predicted octanol–water partition coefficient (Wildman–Crippen LogP) is 0.885. The third kappa shape index (κ3) is 7.51. The molecule has 2 rings (SSSR count). The number of hydrogen-bond acceptors (Lipinski definition) is 6. The molecule has 0 aliphatic carbocycles. The number of rotatable bonds is 5. The molecule has 0 spiro atoms. The van der Waals surface area contributed by atoms with E-state index in [1.165, 1.54) is 11.3 Å². The van der Waals surface area contributed by atoms with Gasteiger partial charge in [0.2, 0.25) is 0 Å². The van der Waals surface area contributed by atoms with Crippen LogP contribution in [0.25, 0.3) is 0 Å². The van der Waals surface area contributed by atoms with E-state index in [1.807, 2.05) is 0 Å². The lowest BCUT2D eigenvalue weighted by molar-refractivity contribution is 0.0877. The van der Waals surface area contributed by atoms with Crippen LogP contribution in [0.5, 0.6) is 0 Å². The largest absolute Gasteiger partial charge is 0.349 e. The number of halogens is 3. The monoisotopic (exact) mass is 405 g/mol. The molecule has 0 bridgehead atoms. The number of carbonyl (C=O) groups is 1. The third-order valence-electron chi connectivity index (χ3n) is 3.62. The first-order chi connectivity index (χ1) is 9.60. The van der Waals surface area contributed by atoms with Crippen molar-refractivity contribution in [3.63, 3.8) is 0 Å². The number of aromatic nitrogens is 1. The zero-order chi connectivity index (χ0) is 14.5. The number of nitrogens with one attached hydrogen (secondary N) is 1. The van der Waals surface area contributed by atoms with Gasteiger partial charge in [-0.25, -0.2) is 4.98 Å². The molecule has 6 nitrogen and oxygen atoms in total. The smallest absolute Gasteiger partial charge is 0.270 e. The number of nitrogens with two attached hydrogens (primary N) is 1. The van der Waals surface area contributed by atoms with Crippen molar-refractivity contribution >= 4 is 54.5 Å². The molecule has 1 aliphatic heterocycles. The van der Waals surface area contributed by atoms with Crippen molar-refractivity contribution in [2.45, 2.75) is 12.5 Å². The lowest BCUT2D eigenvalue weighted by Crippen LogP contribution is -2.54. The normalized spacial score (nSPS) is 18.3.